The number of fused-ring (bicyclic) bond motifs is 1. The zero-order chi connectivity index (χ0) is 27.2. The Balaban J connectivity index is 1.58. The van der Waals surface area contributed by atoms with Gasteiger partial charge in [0.15, 0.2) is 5.82 Å². The van der Waals surface area contributed by atoms with E-state index in [0.29, 0.717) is 22.1 Å². The molecule has 3 aromatic heterocycles. The fraction of sp³-hybridized carbons (Fsp3) is 0.208. The summed E-state index contributed by atoms with van der Waals surface area (Å²) in [6.45, 7) is -0.158. The van der Waals surface area contributed by atoms with Crippen LogP contribution in [0, 0.1) is 5.82 Å². The Bertz CT molecular complexity index is 1720. The number of alkyl halides is 3. The molecule has 0 fully saturated rings. The van der Waals surface area contributed by atoms with E-state index in [0.717, 1.165) is 17.5 Å². The van der Waals surface area contributed by atoms with E-state index in [4.69, 9.17) is 11.6 Å². The highest BCUT2D eigenvalue weighted by molar-refractivity contribution is 6.34. The molecule has 0 aliphatic carbocycles. The van der Waals surface area contributed by atoms with Gasteiger partial charge in [-0.25, -0.2) is 9.37 Å². The lowest BCUT2D eigenvalue weighted by molar-refractivity contribution is -0.140. The summed E-state index contributed by atoms with van der Waals surface area (Å²) in [5.74, 6) is -0.989. The molecule has 38 heavy (non-hydrogen) atoms. The van der Waals surface area contributed by atoms with Gasteiger partial charge in [0.2, 0.25) is 5.95 Å². The summed E-state index contributed by atoms with van der Waals surface area (Å²) in [5.41, 5.74) is -0.553. The molecule has 0 aliphatic heterocycles. The van der Waals surface area contributed by atoms with Crippen molar-refractivity contribution in [3.05, 3.63) is 92.8 Å². The summed E-state index contributed by atoms with van der Waals surface area (Å²) in [5, 5.41) is 12.5. The van der Waals surface area contributed by atoms with Crippen molar-refractivity contribution in [3.8, 4) is 0 Å². The number of aromatic nitrogens is 7. The highest BCUT2D eigenvalue weighted by atomic mass is 35.5. The van der Waals surface area contributed by atoms with Crippen molar-refractivity contribution in [3.63, 3.8) is 0 Å². The Morgan fingerprint density at radius 3 is 2.55 bits per heavy atom. The van der Waals surface area contributed by atoms with E-state index in [9.17, 15) is 22.4 Å². The minimum Gasteiger partial charge on any atom is -0.324 e. The fourth-order valence-electron chi connectivity index (χ4n) is 3.98. The maximum atomic E-state index is 13.9. The van der Waals surface area contributed by atoms with Gasteiger partial charge < -0.3 is 9.88 Å². The third-order valence-electron chi connectivity index (χ3n) is 5.70. The first-order valence-corrected chi connectivity index (χ1v) is 11.5. The highest BCUT2D eigenvalue weighted by Gasteiger charge is 2.34. The van der Waals surface area contributed by atoms with Crippen LogP contribution in [0.4, 0.5) is 29.2 Å². The van der Waals surface area contributed by atoms with Crippen molar-refractivity contribution >= 4 is 34.1 Å². The average molecular weight is 547 g/mol. The van der Waals surface area contributed by atoms with E-state index in [-0.39, 0.29) is 30.0 Å². The monoisotopic (exact) mass is 546 g/mol. The number of rotatable bonds is 6. The Morgan fingerprint density at radius 1 is 1.05 bits per heavy atom. The fourth-order valence-corrected chi connectivity index (χ4v) is 4.19. The number of aryl methyl sites for hydroxylation is 2. The van der Waals surface area contributed by atoms with Gasteiger partial charge in [-0.1, -0.05) is 17.7 Å². The van der Waals surface area contributed by atoms with Gasteiger partial charge in [0.1, 0.15) is 12.1 Å². The van der Waals surface area contributed by atoms with Gasteiger partial charge in [-0.05, 0) is 29.8 Å². The maximum absolute atomic E-state index is 13.9. The van der Waals surface area contributed by atoms with E-state index < -0.39 is 23.1 Å². The quantitative estimate of drug-likeness (QED) is 0.316. The van der Waals surface area contributed by atoms with E-state index >= 15 is 0 Å². The van der Waals surface area contributed by atoms with Gasteiger partial charge in [0, 0.05) is 43.9 Å². The number of hydrogen-bond acceptors (Lipinski definition) is 6. The second-order valence-electron chi connectivity index (χ2n) is 8.66. The summed E-state index contributed by atoms with van der Waals surface area (Å²) in [6, 6.07) is 6.07. The zero-order valence-corrected chi connectivity index (χ0v) is 20.7. The third kappa shape index (κ3) is 5.23. The first-order valence-electron chi connectivity index (χ1n) is 11.2. The summed E-state index contributed by atoms with van der Waals surface area (Å²) in [7, 11) is 3.43. The standard InChI is InChI=1S/C24H19ClF4N8O/c1-35-10-14-6-20(17(25)8-19(14)33-35)31-23-32-22(38)15(7-21-30-12-36(2)34-21)11-37(23)9-13-3-4-18(26)16(5-13)24(27,28)29/h3-6,8,10-12H,7,9H2,1-2H3,(H,31,32,38). The van der Waals surface area contributed by atoms with E-state index in [1.165, 1.54) is 27.8 Å². The Kier molecular flexibility index (Phi) is 6.39. The molecule has 0 saturated carbocycles. The molecule has 0 aliphatic rings. The molecule has 5 rings (SSSR count). The molecule has 0 spiro atoms. The third-order valence-corrected chi connectivity index (χ3v) is 6.02. The van der Waals surface area contributed by atoms with Crippen LogP contribution in [0.15, 0.2) is 53.8 Å². The Labute approximate surface area is 217 Å². The van der Waals surface area contributed by atoms with Crippen LogP contribution in [0.5, 0.6) is 0 Å². The average Bonchev–Trinajstić information content (AvgIpc) is 3.40. The van der Waals surface area contributed by atoms with Crippen molar-refractivity contribution in [1.82, 2.24) is 34.1 Å². The molecule has 0 saturated heterocycles. The summed E-state index contributed by atoms with van der Waals surface area (Å²) in [6.07, 6.45) is -0.109. The molecule has 0 atom stereocenters. The van der Waals surface area contributed by atoms with Crippen LogP contribution < -0.4 is 10.9 Å². The lowest BCUT2D eigenvalue weighted by Gasteiger charge is -2.17. The van der Waals surface area contributed by atoms with E-state index in [2.05, 4.69) is 25.5 Å². The van der Waals surface area contributed by atoms with Gasteiger partial charge in [0.05, 0.1) is 28.3 Å². The number of hydrogen-bond donors (Lipinski definition) is 1. The summed E-state index contributed by atoms with van der Waals surface area (Å²) < 4.78 is 58.4. The maximum Gasteiger partial charge on any atom is 0.419 e. The number of anilines is 2. The van der Waals surface area contributed by atoms with Gasteiger partial charge in [0.25, 0.3) is 5.56 Å². The number of nitrogens with one attached hydrogen (secondary N) is 1. The molecule has 0 unspecified atom stereocenters. The van der Waals surface area contributed by atoms with Crippen LogP contribution in [0.2, 0.25) is 5.02 Å². The molecule has 196 valence electrons. The van der Waals surface area contributed by atoms with Crippen molar-refractivity contribution < 1.29 is 17.6 Å². The lowest BCUT2D eigenvalue weighted by atomic mass is 10.1. The molecule has 5 aromatic rings. The molecular formula is C24H19ClF4N8O. The van der Waals surface area contributed by atoms with Crippen LogP contribution in [-0.4, -0.2) is 34.1 Å². The zero-order valence-electron chi connectivity index (χ0n) is 20.0. The Morgan fingerprint density at radius 2 is 1.84 bits per heavy atom. The van der Waals surface area contributed by atoms with Gasteiger partial charge >= 0.3 is 6.18 Å². The first kappa shape index (κ1) is 25.4. The van der Waals surface area contributed by atoms with Gasteiger partial charge in [-0.3, -0.25) is 14.2 Å². The first-order chi connectivity index (χ1) is 18.0. The molecule has 0 amide bonds. The molecule has 1 N–H and O–H groups in total. The van der Waals surface area contributed by atoms with Crippen molar-refractivity contribution in [2.24, 2.45) is 14.1 Å². The van der Waals surface area contributed by atoms with Gasteiger partial charge in [-0.15, -0.1) is 0 Å². The van der Waals surface area contributed by atoms with Crippen LogP contribution in [-0.2, 0) is 33.2 Å². The predicted molar refractivity (Wildman–Crippen MR) is 132 cm³/mol. The number of halogens is 5. The topological polar surface area (TPSA) is 95.5 Å². The van der Waals surface area contributed by atoms with Crippen LogP contribution in [0.25, 0.3) is 10.9 Å². The second-order valence-corrected chi connectivity index (χ2v) is 9.07. The van der Waals surface area contributed by atoms with Crippen molar-refractivity contribution in [2.75, 3.05) is 5.32 Å². The minimum absolute atomic E-state index is 0.0238. The van der Waals surface area contributed by atoms with E-state index in [1.807, 2.05) is 0 Å². The predicted octanol–water partition coefficient (Wildman–Crippen LogP) is 4.45. The molecule has 0 radical (unpaired) electrons. The Hall–Kier alpha value is -4.26. The highest BCUT2D eigenvalue weighted by Crippen LogP contribution is 2.33. The van der Waals surface area contributed by atoms with Crippen molar-refractivity contribution in [1.29, 1.82) is 0 Å². The molecular weight excluding hydrogens is 528 g/mol. The van der Waals surface area contributed by atoms with Crippen molar-refractivity contribution in [2.45, 2.75) is 19.1 Å². The molecule has 14 heteroatoms. The SMILES string of the molecule is Cn1cnc(Cc2cn(Cc3ccc(F)c(C(F)(F)F)c3)c(Nc3cc4cn(C)nc4cc3Cl)nc2=O)n1. The molecule has 2 aromatic carbocycles. The van der Waals surface area contributed by atoms with Gasteiger partial charge in [-0.2, -0.15) is 28.4 Å². The number of benzene rings is 2. The van der Waals surface area contributed by atoms with Crippen LogP contribution in [0.1, 0.15) is 22.5 Å². The normalized spacial score (nSPS) is 11.9. The number of nitrogens with zero attached hydrogens (tertiary/aromatic N) is 7. The summed E-state index contributed by atoms with van der Waals surface area (Å²) >= 11 is 6.43. The lowest BCUT2D eigenvalue weighted by Crippen LogP contribution is -2.22. The minimum atomic E-state index is -4.87. The molecule has 3 heterocycles. The molecule has 9 nitrogen and oxygen atoms in total. The molecule has 0 bridgehead atoms. The van der Waals surface area contributed by atoms with E-state index in [1.54, 1.807) is 37.1 Å². The second kappa shape index (κ2) is 9.56. The summed E-state index contributed by atoms with van der Waals surface area (Å²) in [4.78, 5) is 21.2. The largest absolute Gasteiger partial charge is 0.419 e. The van der Waals surface area contributed by atoms with Crippen LogP contribution >= 0.6 is 11.6 Å². The smallest absolute Gasteiger partial charge is 0.324 e. The van der Waals surface area contributed by atoms with Crippen LogP contribution in [0.3, 0.4) is 0 Å².